The second kappa shape index (κ2) is 3.84. The minimum atomic E-state index is -2.01. The Balaban J connectivity index is 2.40. The second-order valence-corrected chi connectivity index (χ2v) is 3.78. The first-order valence-corrected chi connectivity index (χ1v) is 4.82. The van der Waals surface area contributed by atoms with Crippen LogP contribution in [0.25, 0.3) is 0 Å². The van der Waals surface area contributed by atoms with Gasteiger partial charge in [0.1, 0.15) is 6.10 Å². The number of hydrogen-bond donors (Lipinski definition) is 2. The summed E-state index contributed by atoms with van der Waals surface area (Å²) >= 11 is 0. The molecule has 0 bridgehead atoms. The smallest absolute Gasteiger partial charge is 0.335 e. The summed E-state index contributed by atoms with van der Waals surface area (Å²) in [6.07, 6.45) is -1.25. The fourth-order valence-corrected chi connectivity index (χ4v) is 1.73. The van der Waals surface area contributed by atoms with Gasteiger partial charge in [-0.15, -0.1) is 0 Å². The van der Waals surface area contributed by atoms with Crippen LogP contribution < -0.4 is 0 Å². The topological polar surface area (TPSA) is 66.8 Å². The van der Waals surface area contributed by atoms with Gasteiger partial charge in [-0.2, -0.15) is 0 Å². The summed E-state index contributed by atoms with van der Waals surface area (Å²) in [5.74, 6) is -1.13. The zero-order chi connectivity index (χ0) is 11.8. The van der Waals surface area contributed by atoms with Gasteiger partial charge in [-0.3, -0.25) is 0 Å². The molecule has 1 aliphatic rings. The molecule has 1 saturated heterocycles. The number of halogens is 1. The van der Waals surface area contributed by atoms with Crippen molar-refractivity contribution in [3.63, 3.8) is 0 Å². The molecular formula is C11H11FO4. The molecule has 0 aliphatic carbocycles. The Labute approximate surface area is 91.3 Å². The van der Waals surface area contributed by atoms with Crippen molar-refractivity contribution in [2.45, 2.75) is 11.8 Å². The summed E-state index contributed by atoms with van der Waals surface area (Å²) in [5, 5.41) is 18.3. The summed E-state index contributed by atoms with van der Waals surface area (Å²) in [5.41, 5.74) is -1.88. The summed E-state index contributed by atoms with van der Waals surface area (Å²) < 4.78 is 19.2. The molecule has 4 nitrogen and oxygen atoms in total. The minimum Gasteiger partial charge on any atom is -0.478 e. The highest BCUT2D eigenvalue weighted by atomic mass is 19.1. The van der Waals surface area contributed by atoms with Crippen LogP contribution in [-0.4, -0.2) is 35.5 Å². The molecule has 1 heterocycles. The normalized spacial score (nSPS) is 29.2. The van der Waals surface area contributed by atoms with Crippen LogP contribution in [-0.2, 0) is 10.4 Å². The van der Waals surface area contributed by atoms with Gasteiger partial charge in [-0.1, -0.05) is 12.1 Å². The molecule has 1 fully saturated rings. The van der Waals surface area contributed by atoms with E-state index in [0.29, 0.717) is 0 Å². The fraction of sp³-hybridized carbons (Fsp3) is 0.364. The highest BCUT2D eigenvalue weighted by Gasteiger charge is 2.45. The van der Waals surface area contributed by atoms with Crippen molar-refractivity contribution in [1.29, 1.82) is 0 Å². The van der Waals surface area contributed by atoms with Crippen molar-refractivity contribution >= 4 is 5.97 Å². The molecule has 1 aromatic rings. The first-order valence-electron chi connectivity index (χ1n) is 4.82. The van der Waals surface area contributed by atoms with Gasteiger partial charge in [-0.25, -0.2) is 9.18 Å². The van der Waals surface area contributed by atoms with E-state index in [1.807, 2.05) is 0 Å². The first-order chi connectivity index (χ1) is 7.54. The van der Waals surface area contributed by atoms with E-state index in [2.05, 4.69) is 0 Å². The number of aliphatic hydroxyl groups excluding tert-OH is 1. The predicted molar refractivity (Wildman–Crippen MR) is 53.0 cm³/mol. The van der Waals surface area contributed by atoms with Crippen molar-refractivity contribution < 1.29 is 24.1 Å². The molecule has 0 aromatic heterocycles. The lowest BCUT2D eigenvalue weighted by Gasteiger charge is -2.22. The molecule has 2 unspecified atom stereocenters. The molecule has 1 aliphatic heterocycles. The van der Waals surface area contributed by atoms with Gasteiger partial charge >= 0.3 is 5.97 Å². The number of carbonyl (C=O) groups is 1. The lowest BCUT2D eigenvalue weighted by molar-refractivity contribution is 0.0280. The van der Waals surface area contributed by atoms with Crippen LogP contribution in [0.5, 0.6) is 0 Å². The van der Waals surface area contributed by atoms with E-state index in [-0.39, 0.29) is 24.3 Å². The number of alkyl halides is 1. The van der Waals surface area contributed by atoms with Gasteiger partial charge in [0.2, 0.25) is 0 Å². The minimum absolute atomic E-state index is 0.00590. The van der Waals surface area contributed by atoms with E-state index >= 15 is 0 Å². The maximum Gasteiger partial charge on any atom is 0.335 e. The van der Waals surface area contributed by atoms with Gasteiger partial charge < -0.3 is 14.9 Å². The van der Waals surface area contributed by atoms with Crippen LogP contribution in [0, 0.1) is 0 Å². The molecule has 2 N–H and O–H groups in total. The molecule has 2 rings (SSSR count). The zero-order valence-electron chi connectivity index (χ0n) is 8.39. The maximum atomic E-state index is 14.3. The second-order valence-electron chi connectivity index (χ2n) is 3.78. The summed E-state index contributed by atoms with van der Waals surface area (Å²) in [6, 6.07) is 5.49. The Morgan fingerprint density at radius 3 is 2.88 bits per heavy atom. The lowest BCUT2D eigenvalue weighted by Crippen LogP contribution is -2.33. The largest absolute Gasteiger partial charge is 0.478 e. The van der Waals surface area contributed by atoms with Gasteiger partial charge in [0, 0.05) is 0 Å². The number of rotatable bonds is 2. The van der Waals surface area contributed by atoms with Crippen molar-refractivity contribution in [2.24, 2.45) is 0 Å². The highest BCUT2D eigenvalue weighted by Crippen LogP contribution is 2.35. The van der Waals surface area contributed by atoms with Crippen LogP contribution in [0.1, 0.15) is 15.9 Å². The summed E-state index contributed by atoms with van der Waals surface area (Å²) in [6.45, 7) is -0.328. The van der Waals surface area contributed by atoms with Crippen LogP contribution in [0.2, 0.25) is 0 Å². The number of carboxylic acids is 1. The Hall–Kier alpha value is -1.46. The van der Waals surface area contributed by atoms with E-state index in [1.54, 1.807) is 0 Å². The molecule has 0 saturated carbocycles. The first kappa shape index (κ1) is 11.0. The van der Waals surface area contributed by atoms with Gasteiger partial charge in [0.15, 0.2) is 5.67 Å². The van der Waals surface area contributed by atoms with Crippen LogP contribution in [0.4, 0.5) is 4.39 Å². The average Bonchev–Trinajstić information content (AvgIpc) is 2.61. The molecule has 1 aromatic carbocycles. The summed E-state index contributed by atoms with van der Waals surface area (Å²) in [4.78, 5) is 10.7. The lowest BCUT2D eigenvalue weighted by atomic mass is 9.91. The number of ether oxygens (including phenoxy) is 1. The average molecular weight is 226 g/mol. The van der Waals surface area contributed by atoms with Crippen molar-refractivity contribution in [3.8, 4) is 0 Å². The van der Waals surface area contributed by atoms with E-state index in [1.165, 1.54) is 24.3 Å². The quantitative estimate of drug-likeness (QED) is 0.787. The Morgan fingerprint density at radius 1 is 1.56 bits per heavy atom. The van der Waals surface area contributed by atoms with Crippen molar-refractivity contribution in [3.05, 3.63) is 35.4 Å². The number of benzene rings is 1. The number of aromatic carboxylic acids is 1. The molecule has 0 spiro atoms. The van der Waals surface area contributed by atoms with E-state index in [4.69, 9.17) is 9.84 Å². The molecule has 86 valence electrons. The Bertz CT molecular complexity index is 420. The third-order valence-electron chi connectivity index (χ3n) is 2.71. The van der Waals surface area contributed by atoms with E-state index in [0.717, 1.165) is 0 Å². The van der Waals surface area contributed by atoms with Crippen LogP contribution in [0.15, 0.2) is 24.3 Å². The van der Waals surface area contributed by atoms with E-state index in [9.17, 15) is 14.3 Å². The van der Waals surface area contributed by atoms with Crippen molar-refractivity contribution in [1.82, 2.24) is 0 Å². The standard InChI is InChI=1S/C11H11FO4/c12-11(6-16-5-9(11)13)8-3-1-2-7(4-8)10(14)15/h1-4,9,13H,5-6H2,(H,14,15). The molecule has 0 radical (unpaired) electrons. The third-order valence-corrected chi connectivity index (χ3v) is 2.71. The molecule has 5 heteroatoms. The number of hydrogen-bond acceptors (Lipinski definition) is 3. The van der Waals surface area contributed by atoms with Crippen LogP contribution in [0.3, 0.4) is 0 Å². The maximum absolute atomic E-state index is 14.3. The highest BCUT2D eigenvalue weighted by molar-refractivity contribution is 5.87. The number of aliphatic hydroxyl groups is 1. The van der Waals surface area contributed by atoms with E-state index < -0.39 is 17.7 Å². The number of carboxylic acid groups (broad SMARTS) is 1. The Morgan fingerprint density at radius 2 is 2.31 bits per heavy atom. The zero-order valence-corrected chi connectivity index (χ0v) is 8.39. The fourth-order valence-electron chi connectivity index (χ4n) is 1.73. The summed E-state index contributed by atoms with van der Waals surface area (Å²) in [7, 11) is 0. The van der Waals surface area contributed by atoms with Crippen LogP contribution >= 0.6 is 0 Å². The van der Waals surface area contributed by atoms with Crippen molar-refractivity contribution in [2.75, 3.05) is 13.2 Å². The monoisotopic (exact) mass is 226 g/mol. The molecule has 0 amide bonds. The van der Waals surface area contributed by atoms with Gasteiger partial charge in [-0.05, 0) is 17.7 Å². The SMILES string of the molecule is O=C(O)c1cccc(C2(F)COCC2O)c1. The van der Waals surface area contributed by atoms with Gasteiger partial charge in [0.25, 0.3) is 0 Å². The molecule has 16 heavy (non-hydrogen) atoms. The molecule has 2 atom stereocenters. The predicted octanol–water partition coefficient (Wildman–Crippen LogP) is 0.941. The third kappa shape index (κ3) is 1.68. The molecular weight excluding hydrogens is 215 g/mol. The van der Waals surface area contributed by atoms with Gasteiger partial charge in [0.05, 0.1) is 18.8 Å². The Kier molecular flexibility index (Phi) is 2.65.